The van der Waals surface area contributed by atoms with Crippen molar-refractivity contribution in [1.29, 1.82) is 10.5 Å². The van der Waals surface area contributed by atoms with Crippen molar-refractivity contribution >= 4 is 58.1 Å². The van der Waals surface area contributed by atoms with Gasteiger partial charge in [0.1, 0.15) is 11.2 Å². The number of benzene rings is 4. The number of hydrogen-bond donors (Lipinski definition) is 4. The second kappa shape index (κ2) is 16.6. The molecule has 4 aromatic rings. The standard InChI is InChI=1S/2C22H22N4O3/c23-13-15-6-7-19(18(24)12-15)25-20(27)16-8-10-22(11-9-16)14-26(21(28)29-22)17-4-2-1-3-5-17;23-13-15-6-7-18(24)19(12-15)25-20(27)16-8-10-22(11-9-16)14-26(21(28)29-22)17-4-2-1-3-5-17/h2*1-7,12,16H,8-11,14,24H2,(H,25,27). The van der Waals surface area contributed by atoms with Crippen LogP contribution >= 0.6 is 0 Å². The van der Waals surface area contributed by atoms with Gasteiger partial charge in [-0.25, -0.2) is 9.59 Å². The molecule has 4 aliphatic rings. The van der Waals surface area contributed by atoms with E-state index < -0.39 is 11.2 Å². The van der Waals surface area contributed by atoms with Crippen molar-refractivity contribution in [3.8, 4) is 12.1 Å². The molecule has 2 aliphatic carbocycles. The first-order chi connectivity index (χ1) is 28.0. The molecule has 8 rings (SSSR count). The van der Waals surface area contributed by atoms with E-state index in [0.717, 1.165) is 11.4 Å². The molecule has 4 fully saturated rings. The van der Waals surface area contributed by atoms with Gasteiger partial charge in [0.05, 0.1) is 59.1 Å². The topological polar surface area (TPSA) is 217 Å². The molecule has 0 aromatic heterocycles. The minimum absolute atomic E-state index is 0.0968. The Morgan fingerprint density at radius 2 is 1.03 bits per heavy atom. The van der Waals surface area contributed by atoms with Crippen LogP contribution in [0.5, 0.6) is 0 Å². The summed E-state index contributed by atoms with van der Waals surface area (Å²) in [7, 11) is 0. The second-order valence-corrected chi connectivity index (χ2v) is 15.3. The number of hydrogen-bond acceptors (Lipinski definition) is 10. The summed E-state index contributed by atoms with van der Waals surface area (Å²) < 4.78 is 11.5. The highest BCUT2D eigenvalue weighted by atomic mass is 16.6. The monoisotopic (exact) mass is 780 g/mol. The van der Waals surface area contributed by atoms with E-state index in [-0.39, 0.29) is 35.8 Å². The number of nitriles is 2. The number of rotatable bonds is 6. The number of carbonyl (C=O) groups excluding carboxylic acids is 4. The third-order valence-corrected chi connectivity index (χ3v) is 11.5. The molecule has 2 heterocycles. The maximum Gasteiger partial charge on any atom is 0.415 e. The van der Waals surface area contributed by atoms with E-state index in [1.807, 2.05) is 72.8 Å². The summed E-state index contributed by atoms with van der Waals surface area (Å²) in [4.78, 5) is 53.5. The Kier molecular flexibility index (Phi) is 11.2. The van der Waals surface area contributed by atoms with E-state index in [0.29, 0.717) is 98.3 Å². The Bertz CT molecular complexity index is 2270. The minimum atomic E-state index is -0.538. The van der Waals surface area contributed by atoms with E-state index in [1.54, 1.807) is 46.2 Å². The summed E-state index contributed by atoms with van der Waals surface area (Å²) in [5, 5.41) is 23.7. The maximum atomic E-state index is 12.7. The van der Waals surface area contributed by atoms with Gasteiger partial charge in [0.15, 0.2) is 0 Å². The van der Waals surface area contributed by atoms with Gasteiger partial charge >= 0.3 is 12.2 Å². The van der Waals surface area contributed by atoms with Crippen LogP contribution in [-0.2, 0) is 19.1 Å². The van der Waals surface area contributed by atoms with Crippen molar-refractivity contribution in [1.82, 2.24) is 0 Å². The second-order valence-electron chi connectivity index (χ2n) is 15.3. The van der Waals surface area contributed by atoms with Gasteiger partial charge in [-0.2, -0.15) is 10.5 Å². The first-order valence-corrected chi connectivity index (χ1v) is 19.3. The van der Waals surface area contributed by atoms with E-state index in [4.69, 9.17) is 31.5 Å². The van der Waals surface area contributed by atoms with Crippen LogP contribution in [0.1, 0.15) is 62.5 Å². The summed E-state index contributed by atoms with van der Waals surface area (Å²) in [6.07, 6.45) is 4.41. The first kappa shape index (κ1) is 39.2. The van der Waals surface area contributed by atoms with E-state index >= 15 is 0 Å². The summed E-state index contributed by atoms with van der Waals surface area (Å²) in [5.41, 5.74) is 15.1. The van der Waals surface area contributed by atoms with Crippen LogP contribution in [0.2, 0.25) is 0 Å². The maximum absolute atomic E-state index is 12.7. The number of carbonyl (C=O) groups is 4. The van der Waals surface area contributed by atoms with Crippen LogP contribution < -0.4 is 31.9 Å². The highest BCUT2D eigenvalue weighted by Crippen LogP contribution is 2.43. The van der Waals surface area contributed by atoms with Crippen LogP contribution in [0.3, 0.4) is 0 Å². The molecule has 14 heteroatoms. The molecule has 0 atom stereocenters. The van der Waals surface area contributed by atoms with Gasteiger partial charge in [-0.05, 0) is 112 Å². The van der Waals surface area contributed by atoms with E-state index in [1.165, 1.54) is 0 Å². The molecule has 4 amide bonds. The molecule has 2 spiro atoms. The van der Waals surface area contributed by atoms with Crippen molar-refractivity contribution in [2.75, 3.05) is 45.0 Å². The lowest BCUT2D eigenvalue weighted by atomic mass is 9.78. The minimum Gasteiger partial charge on any atom is -0.441 e. The number of anilines is 6. The highest BCUT2D eigenvalue weighted by Gasteiger charge is 2.50. The number of para-hydroxylation sites is 2. The summed E-state index contributed by atoms with van der Waals surface area (Å²) in [6, 6.07) is 32.6. The zero-order valence-electron chi connectivity index (χ0n) is 31.9. The van der Waals surface area contributed by atoms with Crippen LogP contribution in [0.15, 0.2) is 97.1 Å². The molecule has 0 bridgehead atoms. The molecule has 14 nitrogen and oxygen atoms in total. The molecular formula is C44H44N8O6. The summed E-state index contributed by atoms with van der Waals surface area (Å²) in [5.74, 6) is -0.568. The van der Waals surface area contributed by atoms with Crippen LogP contribution in [0.4, 0.5) is 43.7 Å². The van der Waals surface area contributed by atoms with E-state index in [2.05, 4.69) is 10.6 Å². The Labute approximate surface area is 336 Å². The molecular weight excluding hydrogens is 737 g/mol. The molecule has 6 N–H and O–H groups in total. The number of nitrogen functional groups attached to an aromatic ring is 2. The van der Waals surface area contributed by atoms with Crippen molar-refractivity contribution < 1.29 is 28.7 Å². The zero-order chi connectivity index (χ0) is 40.9. The number of nitrogens with two attached hydrogens (primary N) is 2. The zero-order valence-corrected chi connectivity index (χ0v) is 31.9. The molecule has 296 valence electrons. The van der Waals surface area contributed by atoms with Crippen molar-refractivity contribution in [3.05, 3.63) is 108 Å². The Morgan fingerprint density at radius 3 is 1.48 bits per heavy atom. The van der Waals surface area contributed by atoms with Gasteiger partial charge < -0.3 is 31.6 Å². The van der Waals surface area contributed by atoms with Crippen LogP contribution in [-0.4, -0.2) is 48.3 Å². The molecule has 4 aromatic carbocycles. The highest BCUT2D eigenvalue weighted by molar-refractivity contribution is 5.97. The Hall–Kier alpha value is -7.06. The van der Waals surface area contributed by atoms with Crippen molar-refractivity contribution in [2.24, 2.45) is 11.8 Å². The number of nitrogens with one attached hydrogen (secondary N) is 2. The molecule has 2 saturated carbocycles. The van der Waals surface area contributed by atoms with Gasteiger partial charge in [-0.3, -0.25) is 19.4 Å². The van der Waals surface area contributed by atoms with Gasteiger partial charge in [-0.15, -0.1) is 0 Å². The fourth-order valence-electron chi connectivity index (χ4n) is 8.14. The number of nitrogens with zero attached hydrogens (tertiary/aromatic N) is 4. The van der Waals surface area contributed by atoms with E-state index in [9.17, 15) is 19.2 Å². The third-order valence-electron chi connectivity index (χ3n) is 11.5. The Balaban J connectivity index is 0.000000177. The smallest absolute Gasteiger partial charge is 0.415 e. The number of ether oxygens (including phenoxy) is 2. The summed E-state index contributed by atoms with van der Waals surface area (Å²) >= 11 is 0. The molecule has 2 saturated heterocycles. The molecule has 2 aliphatic heterocycles. The van der Waals surface area contributed by atoms with Gasteiger partial charge in [0.2, 0.25) is 11.8 Å². The lowest BCUT2D eigenvalue weighted by molar-refractivity contribution is -0.123. The van der Waals surface area contributed by atoms with Crippen LogP contribution in [0, 0.1) is 34.5 Å². The summed E-state index contributed by atoms with van der Waals surface area (Å²) in [6.45, 7) is 1.01. The number of amides is 4. The predicted molar refractivity (Wildman–Crippen MR) is 218 cm³/mol. The fraction of sp³-hybridized carbons (Fsp3) is 0.318. The van der Waals surface area contributed by atoms with Crippen molar-refractivity contribution in [3.63, 3.8) is 0 Å². The first-order valence-electron chi connectivity index (χ1n) is 19.3. The molecule has 0 unspecified atom stereocenters. The SMILES string of the molecule is N#Cc1ccc(N)c(NC(=O)C2CCC3(CC2)CN(c2ccccc2)C(=O)O3)c1.N#Cc1ccc(NC(=O)C2CCC3(CC2)CN(c2ccccc2)C(=O)O3)c(N)c1. The molecule has 0 radical (unpaired) electrons. The fourth-order valence-corrected chi connectivity index (χ4v) is 8.14. The van der Waals surface area contributed by atoms with Gasteiger partial charge in [0.25, 0.3) is 0 Å². The van der Waals surface area contributed by atoms with Crippen LogP contribution in [0.25, 0.3) is 0 Å². The largest absolute Gasteiger partial charge is 0.441 e. The third kappa shape index (κ3) is 8.51. The Morgan fingerprint density at radius 1 is 0.603 bits per heavy atom. The normalized spacial score (nSPS) is 23.5. The predicted octanol–water partition coefficient (Wildman–Crippen LogP) is 7.33. The average Bonchev–Trinajstić information content (AvgIpc) is 3.75. The van der Waals surface area contributed by atoms with Crippen molar-refractivity contribution in [2.45, 2.75) is 62.6 Å². The lowest BCUT2D eigenvalue weighted by Crippen LogP contribution is -2.41. The van der Waals surface area contributed by atoms with Gasteiger partial charge in [0, 0.05) is 23.2 Å². The average molecular weight is 781 g/mol. The quantitative estimate of drug-likeness (QED) is 0.143. The van der Waals surface area contributed by atoms with Gasteiger partial charge in [-0.1, -0.05) is 36.4 Å². The molecule has 58 heavy (non-hydrogen) atoms. The lowest BCUT2D eigenvalue weighted by Gasteiger charge is -2.34.